The molecule has 60 heavy (non-hydrogen) atoms. The Morgan fingerprint density at radius 2 is 0.817 bits per heavy atom. The largest absolute Gasteiger partial charge is 0.255 e. The Morgan fingerprint density at radius 1 is 0.367 bits per heavy atom. The number of benzene rings is 8. The molecule has 1 heterocycles. The second-order valence-electron chi connectivity index (χ2n) is 15.9. The average molecular weight is 771 g/mol. The number of rotatable bonds is 10. The molecule has 0 atom stereocenters. The second-order valence-corrected chi connectivity index (χ2v) is 15.9. The molecule has 288 valence electrons. The van der Waals surface area contributed by atoms with Crippen LogP contribution >= 0.6 is 0 Å². The van der Waals surface area contributed by atoms with Crippen molar-refractivity contribution in [3.8, 4) is 0 Å². The molecule has 2 nitrogen and oxygen atoms in total. The molecule has 1 aliphatic rings. The second kappa shape index (κ2) is 17.0. The maximum absolute atomic E-state index is 5.91. The number of fused-ring (bicyclic) bond motifs is 2. The summed E-state index contributed by atoms with van der Waals surface area (Å²) in [4.78, 5) is 10.9. The van der Waals surface area contributed by atoms with Gasteiger partial charge in [0.15, 0.2) is 0 Å². The van der Waals surface area contributed by atoms with Crippen molar-refractivity contribution < 1.29 is 0 Å². The highest BCUT2D eigenvalue weighted by atomic mass is 14.8. The molecule has 0 radical (unpaired) electrons. The summed E-state index contributed by atoms with van der Waals surface area (Å²) in [6, 6.07) is 79.9. The average Bonchev–Trinajstić information content (AvgIpc) is 3.32. The summed E-state index contributed by atoms with van der Waals surface area (Å²) in [5, 5.41) is 2.36. The van der Waals surface area contributed by atoms with Crippen molar-refractivity contribution >= 4 is 22.2 Å². The van der Waals surface area contributed by atoms with Crippen LogP contribution in [0.15, 0.2) is 230 Å². The fraction of sp³-hybridized carbons (Fsp3) is 0.103. The van der Waals surface area contributed by atoms with Crippen LogP contribution < -0.4 is 0 Å². The van der Waals surface area contributed by atoms with E-state index in [1.54, 1.807) is 0 Å². The number of nitrogens with zero attached hydrogens (tertiary/aromatic N) is 2. The highest BCUT2D eigenvalue weighted by molar-refractivity contribution is 6.07. The summed E-state index contributed by atoms with van der Waals surface area (Å²) in [5.74, 6) is -0.0827. The third-order valence-corrected chi connectivity index (χ3v) is 12.2. The van der Waals surface area contributed by atoms with Crippen LogP contribution in [0.2, 0.25) is 0 Å². The third kappa shape index (κ3) is 7.38. The lowest BCUT2D eigenvalue weighted by Crippen LogP contribution is -2.14. The third-order valence-electron chi connectivity index (χ3n) is 12.2. The molecule has 0 N–H and O–H groups in total. The molecular formula is C58H46N2. The number of aryl methyl sites for hydroxylation is 1. The quantitative estimate of drug-likeness (QED) is 0.127. The van der Waals surface area contributed by atoms with E-state index in [1.807, 2.05) is 6.20 Å². The fourth-order valence-corrected chi connectivity index (χ4v) is 9.50. The van der Waals surface area contributed by atoms with Crippen molar-refractivity contribution in [2.24, 2.45) is 4.99 Å². The predicted molar refractivity (Wildman–Crippen MR) is 249 cm³/mol. The standard InChI is InChI=1S/C58H46N2/c1-7-21-41(22-8-1)54(42-23-9-2-10-24-42)48-36-37-49-50(55(43-25-11-3-12-26-43)44-27-13-4-14-28-44)40-52(56(45-29-15-5-16-30-45)46-31-17-6-18-32-46)58(51(49)39-48)60-53-35-19-33-47-34-20-38-59-57(47)53/h1-18,20-32,34,36-40,54-56H,19,33,35H2. The summed E-state index contributed by atoms with van der Waals surface area (Å²) < 4.78 is 0. The molecule has 0 aliphatic heterocycles. The summed E-state index contributed by atoms with van der Waals surface area (Å²) in [6.07, 6.45) is 4.86. The van der Waals surface area contributed by atoms with Gasteiger partial charge in [-0.05, 0) is 92.4 Å². The van der Waals surface area contributed by atoms with E-state index in [4.69, 9.17) is 9.98 Å². The number of aromatic nitrogens is 1. The van der Waals surface area contributed by atoms with Gasteiger partial charge >= 0.3 is 0 Å². The van der Waals surface area contributed by atoms with E-state index >= 15 is 0 Å². The first-order chi connectivity index (χ1) is 29.8. The molecule has 0 amide bonds. The molecule has 2 heteroatoms. The summed E-state index contributed by atoms with van der Waals surface area (Å²) in [7, 11) is 0. The monoisotopic (exact) mass is 770 g/mol. The summed E-state index contributed by atoms with van der Waals surface area (Å²) in [5.41, 5.74) is 15.6. The van der Waals surface area contributed by atoms with E-state index in [1.165, 1.54) is 61.0 Å². The SMILES string of the molecule is c1ccc(C(c2ccccc2)c2ccc3c(C(c4ccccc4)c4ccccc4)cc(C(c4ccccc4)c4ccccc4)c(N=C4CCCc5cccnc54)c3c2)cc1. The first-order valence-electron chi connectivity index (χ1n) is 21.2. The zero-order valence-electron chi connectivity index (χ0n) is 33.6. The van der Waals surface area contributed by atoms with Gasteiger partial charge in [-0.1, -0.05) is 206 Å². The van der Waals surface area contributed by atoms with Crippen LogP contribution in [0, 0.1) is 0 Å². The molecule has 0 unspecified atom stereocenters. The minimum atomic E-state index is -0.0865. The Labute approximate surface area is 353 Å². The lowest BCUT2D eigenvalue weighted by atomic mass is 9.76. The van der Waals surface area contributed by atoms with E-state index in [9.17, 15) is 0 Å². The zero-order chi connectivity index (χ0) is 40.1. The van der Waals surface area contributed by atoms with Crippen molar-refractivity contribution in [1.82, 2.24) is 4.98 Å². The van der Waals surface area contributed by atoms with Gasteiger partial charge in [0.25, 0.3) is 0 Å². The number of hydrogen-bond acceptors (Lipinski definition) is 2. The van der Waals surface area contributed by atoms with Crippen LogP contribution in [0.3, 0.4) is 0 Å². The molecular weight excluding hydrogens is 725 g/mol. The van der Waals surface area contributed by atoms with Crippen molar-refractivity contribution in [3.63, 3.8) is 0 Å². The first-order valence-corrected chi connectivity index (χ1v) is 21.2. The van der Waals surface area contributed by atoms with E-state index in [0.717, 1.165) is 41.7 Å². The maximum Gasteiger partial charge on any atom is 0.0876 e. The van der Waals surface area contributed by atoms with Crippen LogP contribution in [0.25, 0.3) is 10.8 Å². The van der Waals surface area contributed by atoms with Gasteiger partial charge in [-0.2, -0.15) is 0 Å². The van der Waals surface area contributed by atoms with E-state index in [0.29, 0.717) is 0 Å². The molecule has 0 saturated carbocycles. The van der Waals surface area contributed by atoms with Gasteiger partial charge in [-0.15, -0.1) is 0 Å². The Bertz CT molecular complexity index is 2750. The highest BCUT2D eigenvalue weighted by Crippen LogP contribution is 2.48. The Balaban J connectivity index is 1.35. The lowest BCUT2D eigenvalue weighted by molar-refractivity contribution is 0.826. The molecule has 0 bridgehead atoms. The lowest BCUT2D eigenvalue weighted by Gasteiger charge is -2.28. The topological polar surface area (TPSA) is 25.2 Å². The molecule has 0 fully saturated rings. The van der Waals surface area contributed by atoms with E-state index in [2.05, 4.69) is 218 Å². The van der Waals surface area contributed by atoms with Gasteiger partial charge in [0, 0.05) is 29.3 Å². The smallest absolute Gasteiger partial charge is 0.0876 e. The predicted octanol–water partition coefficient (Wildman–Crippen LogP) is 14.2. The van der Waals surface area contributed by atoms with Crippen molar-refractivity contribution in [2.75, 3.05) is 0 Å². The maximum atomic E-state index is 5.91. The molecule has 1 aliphatic carbocycles. The molecule has 9 aromatic rings. The van der Waals surface area contributed by atoms with Crippen LogP contribution in [0.1, 0.15) is 91.9 Å². The summed E-state index contributed by atoms with van der Waals surface area (Å²) >= 11 is 0. The number of pyridine rings is 1. The first kappa shape index (κ1) is 37.1. The molecule has 1 aromatic heterocycles. The van der Waals surface area contributed by atoms with Gasteiger partial charge in [0.1, 0.15) is 0 Å². The number of aliphatic imine (C=N–C) groups is 1. The van der Waals surface area contributed by atoms with Crippen molar-refractivity contribution in [2.45, 2.75) is 37.0 Å². The summed E-state index contributed by atoms with van der Waals surface area (Å²) in [6.45, 7) is 0. The van der Waals surface area contributed by atoms with Crippen LogP contribution in [-0.4, -0.2) is 10.7 Å². The van der Waals surface area contributed by atoms with Gasteiger partial charge in [-0.25, -0.2) is 0 Å². The molecule has 10 rings (SSSR count). The molecule has 0 saturated heterocycles. The van der Waals surface area contributed by atoms with Gasteiger partial charge in [0.2, 0.25) is 0 Å². The minimum absolute atomic E-state index is 0.0236. The van der Waals surface area contributed by atoms with Crippen LogP contribution in [0.5, 0.6) is 0 Å². The van der Waals surface area contributed by atoms with Crippen molar-refractivity contribution in [1.29, 1.82) is 0 Å². The van der Waals surface area contributed by atoms with E-state index < -0.39 is 0 Å². The Kier molecular flexibility index (Phi) is 10.5. The highest BCUT2D eigenvalue weighted by Gasteiger charge is 2.29. The molecule has 8 aromatic carbocycles. The van der Waals surface area contributed by atoms with Gasteiger partial charge < -0.3 is 0 Å². The van der Waals surface area contributed by atoms with E-state index in [-0.39, 0.29) is 17.8 Å². The zero-order valence-corrected chi connectivity index (χ0v) is 33.6. The van der Waals surface area contributed by atoms with Crippen LogP contribution in [0.4, 0.5) is 5.69 Å². The fourth-order valence-electron chi connectivity index (χ4n) is 9.50. The van der Waals surface area contributed by atoms with Crippen LogP contribution in [-0.2, 0) is 6.42 Å². The van der Waals surface area contributed by atoms with Crippen molar-refractivity contribution in [3.05, 3.63) is 286 Å². The Morgan fingerprint density at radius 3 is 1.30 bits per heavy atom. The van der Waals surface area contributed by atoms with Gasteiger partial charge in [0.05, 0.1) is 17.1 Å². The number of hydrogen-bond donors (Lipinski definition) is 0. The molecule has 0 spiro atoms. The Hall–Kier alpha value is -7.16. The van der Waals surface area contributed by atoms with Gasteiger partial charge in [-0.3, -0.25) is 9.98 Å². The normalized spacial score (nSPS) is 13.3. The minimum Gasteiger partial charge on any atom is -0.255 e.